The lowest BCUT2D eigenvalue weighted by Gasteiger charge is -2.35. The second kappa shape index (κ2) is 8.61. The van der Waals surface area contributed by atoms with Gasteiger partial charge in [0.1, 0.15) is 6.10 Å². The van der Waals surface area contributed by atoms with E-state index in [0.717, 1.165) is 24.0 Å². The number of carbonyl (C=O) groups is 2. The maximum atomic E-state index is 12.8. The zero-order chi connectivity index (χ0) is 20.2. The van der Waals surface area contributed by atoms with Crippen molar-refractivity contribution in [2.75, 3.05) is 39.9 Å². The van der Waals surface area contributed by atoms with Crippen molar-refractivity contribution < 1.29 is 19.1 Å². The first-order valence-electron chi connectivity index (χ1n) is 9.96. The Balaban J connectivity index is 1.37. The number of carbonyl (C=O) groups excluding carboxylic acids is 2. The van der Waals surface area contributed by atoms with E-state index < -0.39 is 0 Å². The number of amides is 2. The minimum atomic E-state index is -0.295. The number of nitrogens with zero attached hydrogens (tertiary/aromatic N) is 3. The number of benzene rings is 1. The fraction of sp³-hybridized carbons (Fsp3) is 0.409. The van der Waals surface area contributed by atoms with Crippen LogP contribution in [0, 0.1) is 0 Å². The SMILES string of the molecule is COc1cc(-c2ccc(C(=O)N3CCN(C(=O)[C@@H]4CCCO4)CC3)cc2)ccn1. The summed E-state index contributed by atoms with van der Waals surface area (Å²) < 4.78 is 10.7. The van der Waals surface area contributed by atoms with Crippen LogP contribution in [0.15, 0.2) is 42.6 Å². The average molecular weight is 395 g/mol. The van der Waals surface area contributed by atoms with Crippen LogP contribution < -0.4 is 4.74 Å². The van der Waals surface area contributed by atoms with Crippen molar-refractivity contribution in [3.05, 3.63) is 48.2 Å². The van der Waals surface area contributed by atoms with Gasteiger partial charge in [0.15, 0.2) is 0 Å². The summed E-state index contributed by atoms with van der Waals surface area (Å²) in [5.74, 6) is 0.609. The Morgan fingerprint density at radius 3 is 2.41 bits per heavy atom. The van der Waals surface area contributed by atoms with Crippen LogP contribution in [0.2, 0.25) is 0 Å². The molecule has 7 nitrogen and oxygen atoms in total. The molecule has 2 saturated heterocycles. The van der Waals surface area contributed by atoms with Gasteiger partial charge in [-0.05, 0) is 42.2 Å². The fourth-order valence-corrected chi connectivity index (χ4v) is 3.79. The highest BCUT2D eigenvalue weighted by Gasteiger charge is 2.31. The molecule has 3 heterocycles. The van der Waals surface area contributed by atoms with E-state index >= 15 is 0 Å². The van der Waals surface area contributed by atoms with Crippen LogP contribution in [0.4, 0.5) is 0 Å². The molecule has 1 aromatic carbocycles. The van der Waals surface area contributed by atoms with Crippen LogP contribution in [-0.4, -0.2) is 72.6 Å². The summed E-state index contributed by atoms with van der Waals surface area (Å²) in [6.45, 7) is 2.86. The van der Waals surface area contributed by atoms with E-state index in [2.05, 4.69) is 4.98 Å². The first-order chi connectivity index (χ1) is 14.2. The summed E-state index contributed by atoms with van der Waals surface area (Å²) in [5.41, 5.74) is 2.63. The molecule has 1 aromatic heterocycles. The van der Waals surface area contributed by atoms with Gasteiger partial charge in [0.05, 0.1) is 7.11 Å². The second-order valence-corrected chi connectivity index (χ2v) is 7.28. The van der Waals surface area contributed by atoms with E-state index in [1.165, 1.54) is 0 Å². The third-order valence-electron chi connectivity index (χ3n) is 5.49. The molecule has 2 aliphatic heterocycles. The van der Waals surface area contributed by atoms with Gasteiger partial charge in [-0.15, -0.1) is 0 Å². The summed E-state index contributed by atoms with van der Waals surface area (Å²) in [5, 5.41) is 0. The molecule has 2 aliphatic rings. The third kappa shape index (κ3) is 4.24. The topological polar surface area (TPSA) is 72.0 Å². The van der Waals surface area contributed by atoms with Gasteiger partial charge in [-0.1, -0.05) is 12.1 Å². The van der Waals surface area contributed by atoms with Gasteiger partial charge in [-0.2, -0.15) is 0 Å². The highest BCUT2D eigenvalue weighted by atomic mass is 16.5. The molecule has 7 heteroatoms. The molecule has 0 aliphatic carbocycles. The van der Waals surface area contributed by atoms with Crippen molar-refractivity contribution >= 4 is 11.8 Å². The summed E-state index contributed by atoms with van der Waals surface area (Å²) in [7, 11) is 1.59. The second-order valence-electron chi connectivity index (χ2n) is 7.28. The molecule has 2 fully saturated rings. The Morgan fingerprint density at radius 2 is 1.76 bits per heavy atom. The molecule has 2 aromatic rings. The van der Waals surface area contributed by atoms with Crippen molar-refractivity contribution in [3.8, 4) is 17.0 Å². The molecular weight excluding hydrogens is 370 g/mol. The minimum absolute atomic E-state index is 0.00641. The largest absolute Gasteiger partial charge is 0.481 e. The van der Waals surface area contributed by atoms with Crippen molar-refractivity contribution in [2.24, 2.45) is 0 Å². The number of piperazine rings is 1. The molecule has 29 heavy (non-hydrogen) atoms. The Labute approximate surface area is 170 Å². The minimum Gasteiger partial charge on any atom is -0.481 e. The van der Waals surface area contributed by atoms with Gasteiger partial charge >= 0.3 is 0 Å². The standard InChI is InChI=1S/C22H25N3O4/c1-28-20-15-18(8-9-23-20)16-4-6-17(7-5-16)21(26)24-10-12-25(13-11-24)22(27)19-3-2-14-29-19/h4-9,15,19H,2-3,10-14H2,1H3/t19-/m0/s1. The maximum Gasteiger partial charge on any atom is 0.253 e. The molecule has 0 bridgehead atoms. The van der Waals surface area contributed by atoms with Gasteiger partial charge in [0.2, 0.25) is 5.88 Å². The maximum absolute atomic E-state index is 12.8. The predicted octanol–water partition coefficient (Wildman–Crippen LogP) is 2.22. The summed E-state index contributed by atoms with van der Waals surface area (Å²) >= 11 is 0. The Hall–Kier alpha value is -2.93. The highest BCUT2D eigenvalue weighted by molar-refractivity contribution is 5.95. The van der Waals surface area contributed by atoms with Crippen LogP contribution >= 0.6 is 0 Å². The van der Waals surface area contributed by atoms with E-state index in [1.807, 2.05) is 46.2 Å². The van der Waals surface area contributed by atoms with Crippen LogP contribution in [0.3, 0.4) is 0 Å². The smallest absolute Gasteiger partial charge is 0.253 e. The average Bonchev–Trinajstić information content (AvgIpc) is 3.33. The van der Waals surface area contributed by atoms with Gasteiger partial charge in [0, 0.05) is 50.6 Å². The quantitative estimate of drug-likeness (QED) is 0.794. The van der Waals surface area contributed by atoms with Crippen molar-refractivity contribution in [1.82, 2.24) is 14.8 Å². The molecule has 0 N–H and O–H groups in total. The molecule has 0 radical (unpaired) electrons. The van der Waals surface area contributed by atoms with Crippen molar-refractivity contribution in [3.63, 3.8) is 0 Å². The number of hydrogen-bond donors (Lipinski definition) is 0. The number of ether oxygens (including phenoxy) is 2. The molecular formula is C22H25N3O4. The van der Waals surface area contributed by atoms with Gasteiger partial charge < -0.3 is 19.3 Å². The summed E-state index contributed by atoms with van der Waals surface area (Å²) in [6.07, 6.45) is 3.15. The zero-order valence-corrected chi connectivity index (χ0v) is 16.5. The molecule has 0 saturated carbocycles. The molecule has 4 rings (SSSR count). The monoisotopic (exact) mass is 395 g/mol. The lowest BCUT2D eigenvalue weighted by Crippen LogP contribution is -2.52. The van der Waals surface area contributed by atoms with Crippen LogP contribution in [0.25, 0.3) is 11.1 Å². The van der Waals surface area contributed by atoms with E-state index in [4.69, 9.17) is 9.47 Å². The van der Waals surface area contributed by atoms with Gasteiger partial charge in [-0.3, -0.25) is 9.59 Å². The van der Waals surface area contributed by atoms with Crippen LogP contribution in [0.1, 0.15) is 23.2 Å². The van der Waals surface area contributed by atoms with Crippen LogP contribution in [0.5, 0.6) is 5.88 Å². The summed E-state index contributed by atoms with van der Waals surface area (Å²) in [4.78, 5) is 33.0. The van der Waals surface area contributed by atoms with E-state index in [1.54, 1.807) is 13.3 Å². The number of pyridine rings is 1. The number of methoxy groups -OCH3 is 1. The first-order valence-corrected chi connectivity index (χ1v) is 9.96. The highest BCUT2D eigenvalue weighted by Crippen LogP contribution is 2.23. The Bertz CT molecular complexity index is 870. The fourth-order valence-electron chi connectivity index (χ4n) is 3.79. The van der Waals surface area contributed by atoms with Crippen molar-refractivity contribution in [1.29, 1.82) is 0 Å². The number of rotatable bonds is 4. The predicted molar refractivity (Wildman–Crippen MR) is 108 cm³/mol. The molecule has 0 unspecified atom stereocenters. The Kier molecular flexibility index (Phi) is 5.76. The van der Waals surface area contributed by atoms with Gasteiger partial charge in [0.25, 0.3) is 11.8 Å². The Morgan fingerprint density at radius 1 is 1.03 bits per heavy atom. The molecule has 0 spiro atoms. The van der Waals surface area contributed by atoms with E-state index in [-0.39, 0.29) is 17.9 Å². The van der Waals surface area contributed by atoms with E-state index in [0.29, 0.717) is 44.2 Å². The normalized spacial score (nSPS) is 19.3. The van der Waals surface area contributed by atoms with E-state index in [9.17, 15) is 9.59 Å². The molecule has 152 valence electrons. The van der Waals surface area contributed by atoms with Crippen molar-refractivity contribution in [2.45, 2.75) is 18.9 Å². The number of hydrogen-bond acceptors (Lipinski definition) is 5. The summed E-state index contributed by atoms with van der Waals surface area (Å²) in [6, 6.07) is 11.3. The third-order valence-corrected chi connectivity index (χ3v) is 5.49. The molecule has 1 atom stereocenters. The zero-order valence-electron chi connectivity index (χ0n) is 16.5. The number of aromatic nitrogens is 1. The molecule has 2 amide bonds. The lowest BCUT2D eigenvalue weighted by molar-refractivity contribution is -0.142. The van der Waals surface area contributed by atoms with Gasteiger partial charge in [-0.25, -0.2) is 4.98 Å². The van der Waals surface area contributed by atoms with Crippen LogP contribution in [-0.2, 0) is 9.53 Å². The first kappa shape index (κ1) is 19.4. The lowest BCUT2D eigenvalue weighted by atomic mass is 10.0.